The highest BCUT2D eigenvalue weighted by molar-refractivity contribution is 6.00. The number of esters is 2. The molecule has 1 amide bonds. The van der Waals surface area contributed by atoms with Crippen molar-refractivity contribution in [3.63, 3.8) is 0 Å². The number of hydrogen-bond donors (Lipinski definition) is 1. The Balaban J connectivity index is 0.00000207. The Labute approximate surface area is 251 Å². The molecule has 2 atom stereocenters. The van der Waals surface area contributed by atoms with Crippen molar-refractivity contribution in [3.05, 3.63) is 79.4 Å². The van der Waals surface area contributed by atoms with Crippen LogP contribution in [0, 0.1) is 5.92 Å². The number of carbonyl (C=O) groups is 3. The van der Waals surface area contributed by atoms with Gasteiger partial charge in [0.15, 0.2) is 0 Å². The molecule has 1 aromatic heterocycles. The first-order valence-corrected chi connectivity index (χ1v) is 14.1. The second kappa shape index (κ2) is 12.7. The van der Waals surface area contributed by atoms with E-state index in [-0.39, 0.29) is 12.0 Å². The van der Waals surface area contributed by atoms with Gasteiger partial charge in [-0.1, -0.05) is 30.3 Å². The fourth-order valence-electron chi connectivity index (χ4n) is 4.93. The van der Waals surface area contributed by atoms with Gasteiger partial charge in [0.1, 0.15) is 28.7 Å². The summed E-state index contributed by atoms with van der Waals surface area (Å²) in [6.45, 7) is 11.3. The molecule has 0 spiro atoms. The molecule has 1 saturated carbocycles. The van der Waals surface area contributed by atoms with Gasteiger partial charge in [0.05, 0.1) is 31.3 Å². The Kier molecular flexibility index (Phi) is 9.23. The highest BCUT2D eigenvalue weighted by Gasteiger charge is 2.55. The second-order valence-electron chi connectivity index (χ2n) is 11.4. The van der Waals surface area contributed by atoms with Crippen molar-refractivity contribution in [1.29, 1.82) is 0 Å². The fraction of sp³-hybridized carbons (Fsp3) is 0.353. The van der Waals surface area contributed by atoms with Crippen molar-refractivity contribution in [2.24, 2.45) is 5.92 Å². The Morgan fingerprint density at radius 2 is 1.70 bits per heavy atom. The van der Waals surface area contributed by atoms with Crippen molar-refractivity contribution >= 4 is 28.7 Å². The molecule has 1 N–H and O–H groups in total. The van der Waals surface area contributed by atoms with Gasteiger partial charge in [-0.3, -0.25) is 4.79 Å². The molecule has 2 unspecified atom stereocenters. The smallest absolute Gasteiger partial charge is 0.334 e. The van der Waals surface area contributed by atoms with E-state index in [2.05, 4.69) is 18.5 Å². The van der Waals surface area contributed by atoms with E-state index >= 15 is 0 Å². The highest BCUT2D eigenvalue weighted by Crippen LogP contribution is 2.40. The summed E-state index contributed by atoms with van der Waals surface area (Å²) in [7, 11) is 2.86. The minimum absolute atomic E-state index is 0.193. The molecule has 0 saturated heterocycles. The van der Waals surface area contributed by atoms with Crippen LogP contribution in [0.25, 0.3) is 22.2 Å². The van der Waals surface area contributed by atoms with Crippen LogP contribution in [0.5, 0.6) is 11.5 Å². The highest BCUT2D eigenvalue weighted by atomic mass is 16.6. The van der Waals surface area contributed by atoms with Crippen LogP contribution >= 0.6 is 0 Å². The first-order valence-electron chi connectivity index (χ1n) is 14.1. The lowest BCUT2D eigenvalue weighted by Gasteiger charge is -2.25. The summed E-state index contributed by atoms with van der Waals surface area (Å²) >= 11 is 0. The molecule has 1 fully saturated rings. The lowest BCUT2D eigenvalue weighted by Crippen LogP contribution is -2.48. The molecule has 0 aliphatic heterocycles. The zero-order valence-electron chi connectivity index (χ0n) is 25.3. The summed E-state index contributed by atoms with van der Waals surface area (Å²) in [6, 6.07) is 17.1. The molecule has 1 heterocycles. The van der Waals surface area contributed by atoms with Crippen molar-refractivity contribution in [2.75, 3.05) is 14.2 Å². The first kappa shape index (κ1) is 31.3. The van der Waals surface area contributed by atoms with E-state index in [1.807, 2.05) is 54.6 Å². The Morgan fingerprint density at radius 1 is 1.00 bits per heavy atom. The minimum Gasteiger partial charge on any atom is -0.497 e. The van der Waals surface area contributed by atoms with Gasteiger partial charge in [-0.05, 0) is 51.8 Å². The molecule has 2 aliphatic carbocycles. The molecule has 0 radical (unpaired) electrons. The molecule has 2 aromatic carbocycles. The van der Waals surface area contributed by atoms with Crippen LogP contribution in [0.4, 0.5) is 0 Å². The predicted molar refractivity (Wildman–Crippen MR) is 164 cm³/mol. The molecule has 2 aliphatic rings. The lowest BCUT2D eigenvalue weighted by molar-refractivity contribution is -0.160. The Hall–Kier alpha value is -4.66. The number of benzene rings is 2. The first-order chi connectivity index (χ1) is 20.5. The van der Waals surface area contributed by atoms with Gasteiger partial charge < -0.3 is 24.3 Å². The van der Waals surface area contributed by atoms with E-state index in [0.717, 1.165) is 10.9 Å². The third-order valence-corrected chi connectivity index (χ3v) is 7.18. The largest absolute Gasteiger partial charge is 0.497 e. The van der Waals surface area contributed by atoms with E-state index in [1.165, 1.54) is 7.11 Å². The average molecular weight is 587 g/mol. The summed E-state index contributed by atoms with van der Waals surface area (Å²) < 4.78 is 22.4. The number of fused-ring (bicyclic) bond motifs is 1. The van der Waals surface area contributed by atoms with Gasteiger partial charge in [0, 0.05) is 35.1 Å². The van der Waals surface area contributed by atoms with Crippen LogP contribution in [0.2, 0.25) is 0 Å². The number of ether oxygens (including phenoxy) is 4. The Bertz CT molecular complexity index is 1540. The summed E-state index contributed by atoms with van der Waals surface area (Å²) in [6.07, 6.45) is 2.17. The van der Waals surface area contributed by atoms with Crippen LogP contribution in [0.3, 0.4) is 0 Å². The number of aromatic nitrogens is 1. The van der Waals surface area contributed by atoms with Crippen molar-refractivity contribution in [2.45, 2.75) is 57.3 Å². The van der Waals surface area contributed by atoms with E-state index in [0.29, 0.717) is 35.6 Å². The van der Waals surface area contributed by atoms with Crippen LogP contribution in [-0.4, -0.2) is 54.3 Å². The van der Waals surface area contributed by atoms with Crippen LogP contribution in [0.15, 0.2) is 79.4 Å². The van der Waals surface area contributed by atoms with E-state index in [9.17, 15) is 14.4 Å². The molecular weight excluding hydrogens is 548 g/mol. The van der Waals surface area contributed by atoms with Gasteiger partial charge in [0.2, 0.25) is 5.91 Å². The SMILES string of the molecule is C=C.COC(=O)C1=CC(Oc2cc(-c3ccccc3)nc3cc(OC)ccc23)CC1C(=O)NC1(C(=O)OC(C)(C)C)CC1. The number of nitrogens with one attached hydrogen (secondary N) is 1. The molecular formula is C34H38N2O7. The number of amides is 1. The van der Waals surface area contributed by atoms with E-state index < -0.39 is 41.0 Å². The maximum absolute atomic E-state index is 13.5. The third kappa shape index (κ3) is 7.05. The number of rotatable bonds is 8. The van der Waals surface area contributed by atoms with Crippen molar-refractivity contribution < 1.29 is 33.3 Å². The monoisotopic (exact) mass is 586 g/mol. The van der Waals surface area contributed by atoms with E-state index in [1.54, 1.807) is 34.0 Å². The summed E-state index contributed by atoms with van der Waals surface area (Å²) in [5.41, 5.74) is 0.732. The lowest BCUT2D eigenvalue weighted by atomic mass is 9.99. The quantitative estimate of drug-likeness (QED) is 0.269. The maximum Gasteiger partial charge on any atom is 0.334 e. The minimum atomic E-state index is -1.07. The van der Waals surface area contributed by atoms with Gasteiger partial charge in [0.25, 0.3) is 0 Å². The van der Waals surface area contributed by atoms with Crippen LogP contribution in [-0.2, 0) is 23.9 Å². The molecule has 9 nitrogen and oxygen atoms in total. The zero-order chi connectivity index (χ0) is 31.4. The van der Waals surface area contributed by atoms with Gasteiger partial charge in [-0.25, -0.2) is 14.6 Å². The molecule has 226 valence electrons. The van der Waals surface area contributed by atoms with E-state index in [4.69, 9.17) is 23.9 Å². The average Bonchev–Trinajstić information content (AvgIpc) is 3.67. The van der Waals surface area contributed by atoms with Crippen molar-refractivity contribution in [1.82, 2.24) is 10.3 Å². The Morgan fingerprint density at radius 3 is 2.30 bits per heavy atom. The van der Waals surface area contributed by atoms with Gasteiger partial charge >= 0.3 is 11.9 Å². The number of pyridine rings is 1. The molecule has 3 aromatic rings. The zero-order valence-corrected chi connectivity index (χ0v) is 25.3. The predicted octanol–water partition coefficient (Wildman–Crippen LogP) is 5.57. The summed E-state index contributed by atoms with van der Waals surface area (Å²) in [5, 5.41) is 3.61. The summed E-state index contributed by atoms with van der Waals surface area (Å²) in [4.78, 5) is 43.8. The molecule has 9 heteroatoms. The standard InChI is InChI=1S/C32H34N2O7.C2H4/c1-31(2,3)41-30(37)32(13-14-32)34-28(35)23-15-21(16-24(23)29(36)39-5)40-27-18-25(19-9-7-6-8-10-19)33-26-17-20(38-4)11-12-22(26)27;1-2/h6-12,16-18,21,23H,13-15H2,1-5H3,(H,34,35);1-2H2. The topological polar surface area (TPSA) is 113 Å². The van der Waals surface area contributed by atoms with Crippen LogP contribution in [0.1, 0.15) is 40.0 Å². The van der Waals surface area contributed by atoms with Gasteiger partial charge in [-0.15, -0.1) is 13.2 Å². The third-order valence-electron chi connectivity index (χ3n) is 7.18. The maximum atomic E-state index is 13.5. The van der Waals surface area contributed by atoms with Crippen LogP contribution < -0.4 is 14.8 Å². The summed E-state index contributed by atoms with van der Waals surface area (Å²) in [5.74, 6) is -1.17. The number of carbonyl (C=O) groups excluding carboxylic acids is 3. The fourth-order valence-corrected chi connectivity index (χ4v) is 4.93. The number of hydrogen-bond acceptors (Lipinski definition) is 8. The van der Waals surface area contributed by atoms with Crippen molar-refractivity contribution in [3.8, 4) is 22.8 Å². The number of methoxy groups -OCH3 is 2. The molecule has 43 heavy (non-hydrogen) atoms. The van der Waals surface area contributed by atoms with Gasteiger partial charge in [-0.2, -0.15) is 0 Å². The molecule has 0 bridgehead atoms. The second-order valence-corrected chi connectivity index (χ2v) is 11.4. The molecule has 5 rings (SSSR count). The number of nitrogens with zero attached hydrogens (tertiary/aromatic N) is 1. The normalized spacial score (nSPS) is 18.4.